The molecule has 28 heavy (non-hydrogen) atoms. The maximum absolute atomic E-state index is 12.5. The monoisotopic (exact) mass is 399 g/mol. The van der Waals surface area contributed by atoms with Crippen LogP contribution in [0, 0.1) is 13.8 Å². The van der Waals surface area contributed by atoms with Gasteiger partial charge in [0.1, 0.15) is 0 Å². The van der Waals surface area contributed by atoms with Gasteiger partial charge in [0.25, 0.3) is 0 Å². The molecule has 2 aromatic carbocycles. The van der Waals surface area contributed by atoms with Gasteiger partial charge in [-0.3, -0.25) is 9.59 Å². The molecule has 3 N–H and O–H groups in total. The molecule has 3 rings (SSSR count). The summed E-state index contributed by atoms with van der Waals surface area (Å²) in [5, 5.41) is 3.38. The van der Waals surface area contributed by atoms with E-state index in [9.17, 15) is 18.0 Å². The summed E-state index contributed by atoms with van der Waals surface area (Å²) < 4.78 is 27.3. The second-order valence-electron chi connectivity index (χ2n) is 6.64. The molecule has 0 aliphatic heterocycles. The van der Waals surface area contributed by atoms with Crippen molar-refractivity contribution in [3.8, 4) is 0 Å². The molecule has 0 aliphatic rings. The standard InChI is InChI=1S/C20H21N3O4S/c1-13-9-14(2)11-16(10-13)22-20(25)7-8-21-28(26,27)17-4-5-18-15(12-17)3-6-19(24)23-18/h3-6,9-12,21H,7-8H2,1-2H3,(H,22,25)(H,23,24). The van der Waals surface area contributed by atoms with Gasteiger partial charge in [-0.1, -0.05) is 6.07 Å². The third-order valence-corrected chi connectivity index (χ3v) is 5.61. The molecule has 1 aromatic heterocycles. The molecule has 0 fully saturated rings. The number of sulfonamides is 1. The average Bonchev–Trinajstić information content (AvgIpc) is 2.60. The number of carbonyl (C=O) groups excluding carboxylic acids is 1. The van der Waals surface area contributed by atoms with Crippen LogP contribution in [0.5, 0.6) is 0 Å². The molecular formula is C20H21N3O4S. The predicted octanol–water partition coefficient (Wildman–Crippen LogP) is 2.45. The third kappa shape index (κ3) is 4.85. The zero-order valence-corrected chi connectivity index (χ0v) is 16.4. The van der Waals surface area contributed by atoms with Crippen molar-refractivity contribution in [1.29, 1.82) is 0 Å². The highest BCUT2D eigenvalue weighted by atomic mass is 32.2. The van der Waals surface area contributed by atoms with Gasteiger partial charge in [-0.05, 0) is 66.8 Å². The molecule has 0 bridgehead atoms. The van der Waals surface area contributed by atoms with E-state index in [4.69, 9.17) is 0 Å². The summed E-state index contributed by atoms with van der Waals surface area (Å²) in [7, 11) is -3.77. The summed E-state index contributed by atoms with van der Waals surface area (Å²) in [4.78, 5) is 26.1. The Morgan fingerprint density at radius 1 is 1.00 bits per heavy atom. The van der Waals surface area contributed by atoms with E-state index in [-0.39, 0.29) is 29.3 Å². The van der Waals surface area contributed by atoms with Crippen LogP contribution in [0.4, 0.5) is 5.69 Å². The highest BCUT2D eigenvalue weighted by molar-refractivity contribution is 7.89. The van der Waals surface area contributed by atoms with Crippen molar-refractivity contribution < 1.29 is 13.2 Å². The second-order valence-corrected chi connectivity index (χ2v) is 8.41. The highest BCUT2D eigenvalue weighted by Crippen LogP contribution is 2.17. The minimum absolute atomic E-state index is 0.00706. The molecule has 1 heterocycles. The molecule has 146 valence electrons. The quantitative estimate of drug-likeness (QED) is 0.592. The summed E-state index contributed by atoms with van der Waals surface area (Å²) in [5.74, 6) is -0.274. The first kappa shape index (κ1) is 19.8. The summed E-state index contributed by atoms with van der Waals surface area (Å²) in [6.07, 6.45) is 0.00706. The minimum atomic E-state index is -3.77. The van der Waals surface area contributed by atoms with Crippen LogP contribution in [0.1, 0.15) is 17.5 Å². The van der Waals surface area contributed by atoms with Gasteiger partial charge in [0, 0.05) is 30.2 Å². The summed E-state index contributed by atoms with van der Waals surface area (Å²) in [6, 6.07) is 13.0. The number of aryl methyl sites for hydroxylation is 2. The lowest BCUT2D eigenvalue weighted by atomic mass is 10.1. The summed E-state index contributed by atoms with van der Waals surface area (Å²) >= 11 is 0. The number of aromatic amines is 1. The number of anilines is 1. The molecule has 3 aromatic rings. The third-order valence-electron chi connectivity index (χ3n) is 4.16. The SMILES string of the molecule is Cc1cc(C)cc(NC(=O)CCNS(=O)(=O)c2ccc3[nH]c(=O)ccc3c2)c1. The molecule has 0 saturated heterocycles. The zero-order chi connectivity index (χ0) is 20.3. The molecule has 7 nitrogen and oxygen atoms in total. The average molecular weight is 399 g/mol. The van der Waals surface area contributed by atoms with Crippen molar-refractivity contribution in [3.05, 3.63) is 70.0 Å². The number of rotatable bonds is 6. The van der Waals surface area contributed by atoms with Crippen molar-refractivity contribution >= 4 is 32.5 Å². The number of nitrogens with one attached hydrogen (secondary N) is 3. The van der Waals surface area contributed by atoms with Crippen molar-refractivity contribution in [3.63, 3.8) is 0 Å². The smallest absolute Gasteiger partial charge is 0.248 e. The fourth-order valence-electron chi connectivity index (χ4n) is 2.95. The Balaban J connectivity index is 1.62. The maximum atomic E-state index is 12.5. The topological polar surface area (TPSA) is 108 Å². The van der Waals surface area contributed by atoms with Gasteiger partial charge in [-0.25, -0.2) is 13.1 Å². The summed E-state index contributed by atoms with van der Waals surface area (Å²) in [6.45, 7) is 3.86. The number of hydrogen-bond acceptors (Lipinski definition) is 4. The van der Waals surface area contributed by atoms with E-state index in [0.29, 0.717) is 16.6 Å². The van der Waals surface area contributed by atoms with Crippen molar-refractivity contribution in [2.45, 2.75) is 25.2 Å². The van der Waals surface area contributed by atoms with Gasteiger partial charge < -0.3 is 10.3 Å². The number of fused-ring (bicyclic) bond motifs is 1. The largest absolute Gasteiger partial charge is 0.326 e. The Hall–Kier alpha value is -2.97. The van der Waals surface area contributed by atoms with Gasteiger partial charge in [-0.15, -0.1) is 0 Å². The fourth-order valence-corrected chi connectivity index (χ4v) is 4.02. The Kier molecular flexibility index (Phi) is 5.62. The number of benzene rings is 2. The van der Waals surface area contributed by atoms with Crippen LogP contribution in [0.15, 0.2) is 58.2 Å². The lowest BCUT2D eigenvalue weighted by Gasteiger charge is -2.09. The molecule has 0 aliphatic carbocycles. The first-order chi connectivity index (χ1) is 13.2. The number of H-pyrrole nitrogens is 1. The van der Waals surface area contributed by atoms with Crippen LogP contribution in [0.3, 0.4) is 0 Å². The van der Waals surface area contributed by atoms with Crippen LogP contribution in [-0.4, -0.2) is 25.9 Å². The first-order valence-corrected chi connectivity index (χ1v) is 10.2. The van der Waals surface area contributed by atoms with Gasteiger partial charge in [-0.2, -0.15) is 0 Å². The lowest BCUT2D eigenvalue weighted by molar-refractivity contribution is -0.116. The van der Waals surface area contributed by atoms with E-state index < -0.39 is 10.0 Å². The van der Waals surface area contributed by atoms with Gasteiger partial charge >= 0.3 is 0 Å². The molecule has 8 heteroatoms. The van der Waals surface area contributed by atoms with Crippen LogP contribution >= 0.6 is 0 Å². The second kappa shape index (κ2) is 7.95. The van der Waals surface area contributed by atoms with Crippen molar-refractivity contribution in [2.75, 3.05) is 11.9 Å². The molecule has 0 atom stereocenters. The van der Waals surface area contributed by atoms with E-state index in [1.165, 1.54) is 24.3 Å². The zero-order valence-electron chi connectivity index (χ0n) is 15.6. The molecule has 0 spiro atoms. The van der Waals surface area contributed by atoms with Gasteiger partial charge in [0.15, 0.2) is 0 Å². The number of aromatic nitrogens is 1. The number of pyridine rings is 1. The Labute approximate surface area is 162 Å². The molecule has 0 unspecified atom stereocenters. The maximum Gasteiger partial charge on any atom is 0.248 e. The minimum Gasteiger partial charge on any atom is -0.326 e. The predicted molar refractivity (Wildman–Crippen MR) is 109 cm³/mol. The van der Waals surface area contributed by atoms with Crippen LogP contribution in [0.25, 0.3) is 10.9 Å². The van der Waals surface area contributed by atoms with Crippen molar-refractivity contribution in [2.24, 2.45) is 0 Å². The van der Waals surface area contributed by atoms with Crippen molar-refractivity contribution in [1.82, 2.24) is 9.71 Å². The van der Waals surface area contributed by atoms with Gasteiger partial charge in [0.2, 0.25) is 21.5 Å². The van der Waals surface area contributed by atoms with Gasteiger partial charge in [0.05, 0.1) is 4.90 Å². The summed E-state index contributed by atoms with van der Waals surface area (Å²) in [5.41, 5.74) is 3.06. The normalized spacial score (nSPS) is 11.5. The Bertz CT molecular complexity index is 1180. The Morgan fingerprint density at radius 3 is 2.43 bits per heavy atom. The molecule has 0 radical (unpaired) electrons. The molecular weight excluding hydrogens is 378 g/mol. The lowest BCUT2D eigenvalue weighted by Crippen LogP contribution is -2.27. The van der Waals surface area contributed by atoms with Crippen LogP contribution < -0.4 is 15.6 Å². The fraction of sp³-hybridized carbons (Fsp3) is 0.200. The first-order valence-electron chi connectivity index (χ1n) is 8.74. The van der Waals surface area contributed by atoms with E-state index in [1.807, 2.05) is 32.0 Å². The number of carbonyl (C=O) groups is 1. The molecule has 0 saturated carbocycles. The number of hydrogen-bond donors (Lipinski definition) is 3. The Morgan fingerprint density at radius 2 is 1.71 bits per heavy atom. The molecule has 1 amide bonds. The van der Waals surface area contributed by atoms with E-state index in [0.717, 1.165) is 11.1 Å². The van der Waals surface area contributed by atoms with Crippen LogP contribution in [0.2, 0.25) is 0 Å². The van der Waals surface area contributed by atoms with E-state index in [2.05, 4.69) is 15.0 Å². The highest BCUT2D eigenvalue weighted by Gasteiger charge is 2.15. The van der Waals surface area contributed by atoms with Crippen LogP contribution in [-0.2, 0) is 14.8 Å². The number of amides is 1. The van der Waals surface area contributed by atoms with E-state index in [1.54, 1.807) is 6.07 Å². The van der Waals surface area contributed by atoms with E-state index >= 15 is 0 Å².